The van der Waals surface area contributed by atoms with Crippen LogP contribution in [0.4, 0.5) is 22.7 Å². The van der Waals surface area contributed by atoms with E-state index in [4.69, 9.17) is 4.98 Å². The van der Waals surface area contributed by atoms with Crippen molar-refractivity contribution in [1.82, 2.24) is 9.46 Å². The molecule has 0 atom stereocenters. The molecule has 0 spiro atoms. The van der Waals surface area contributed by atoms with Crippen LogP contribution >= 0.6 is 0 Å². The molecule has 178 valence electrons. The first kappa shape index (κ1) is 21.1. The number of hydrogen-bond acceptors (Lipinski definition) is 3. The minimum absolute atomic E-state index is 0.132. The highest BCUT2D eigenvalue weighted by Gasteiger charge is 2.49. The van der Waals surface area contributed by atoms with Crippen molar-refractivity contribution in [2.24, 2.45) is 0 Å². The molecule has 5 aromatic carbocycles. The van der Waals surface area contributed by atoms with Crippen LogP contribution in [-0.2, 0) is 0 Å². The van der Waals surface area contributed by atoms with E-state index in [0.717, 1.165) is 11.4 Å². The van der Waals surface area contributed by atoms with E-state index in [1.165, 1.54) is 45.0 Å². The maximum absolute atomic E-state index is 4.82. The fourth-order valence-electron chi connectivity index (χ4n) is 6.06. The van der Waals surface area contributed by atoms with E-state index in [0.29, 0.717) is 0 Å². The molecule has 0 radical (unpaired) electrons. The molecule has 2 aliphatic rings. The quantitative estimate of drug-likeness (QED) is 0.237. The van der Waals surface area contributed by atoms with E-state index in [1.54, 1.807) is 0 Å². The Kier molecular flexibility index (Phi) is 4.58. The molecular formula is C33H23BN4. The van der Waals surface area contributed by atoms with Crippen molar-refractivity contribution in [1.29, 1.82) is 0 Å². The van der Waals surface area contributed by atoms with Crippen LogP contribution in [0.5, 0.6) is 0 Å². The third-order valence-electron chi connectivity index (χ3n) is 7.63. The molecule has 0 fully saturated rings. The minimum Gasteiger partial charge on any atom is -0.343 e. The number of rotatable bonds is 3. The topological polar surface area (TPSA) is 24.3 Å². The Morgan fingerprint density at radius 2 is 1.00 bits per heavy atom. The van der Waals surface area contributed by atoms with Gasteiger partial charge in [-0.05, 0) is 35.4 Å². The fraction of sp³-hybridized carbons (Fsp3) is 0. The molecule has 1 aromatic heterocycles. The number of imidazole rings is 1. The highest BCUT2D eigenvalue weighted by atomic mass is 15.4. The lowest BCUT2D eigenvalue weighted by molar-refractivity contribution is 1.09. The van der Waals surface area contributed by atoms with Crippen molar-refractivity contribution in [2.75, 3.05) is 9.62 Å². The SMILES string of the molecule is c1ccc(-c2cccc(-c3ccccc3)c2N2B3N(c4ccccc4-c4nccn43)c3ccccc32)cc1. The molecule has 0 N–H and O–H groups in total. The molecule has 5 heteroatoms. The molecule has 4 nitrogen and oxygen atoms in total. The molecule has 8 rings (SSSR count). The summed E-state index contributed by atoms with van der Waals surface area (Å²) in [5.74, 6) is 0.984. The predicted octanol–water partition coefficient (Wildman–Crippen LogP) is 8.02. The lowest BCUT2D eigenvalue weighted by Crippen LogP contribution is -2.52. The van der Waals surface area contributed by atoms with E-state index in [2.05, 4.69) is 148 Å². The first-order valence-corrected chi connectivity index (χ1v) is 12.9. The molecule has 0 aliphatic carbocycles. The number of anilines is 4. The van der Waals surface area contributed by atoms with Crippen LogP contribution < -0.4 is 9.62 Å². The predicted molar refractivity (Wildman–Crippen MR) is 157 cm³/mol. The van der Waals surface area contributed by atoms with Gasteiger partial charge in [-0.25, -0.2) is 4.98 Å². The second kappa shape index (κ2) is 8.25. The first-order chi connectivity index (χ1) is 18.9. The lowest BCUT2D eigenvalue weighted by atomic mass is 9.80. The average molecular weight is 486 g/mol. The Balaban J connectivity index is 1.47. The average Bonchev–Trinajstić information content (AvgIpc) is 3.61. The van der Waals surface area contributed by atoms with Gasteiger partial charge in [-0.1, -0.05) is 103 Å². The van der Waals surface area contributed by atoms with Crippen LogP contribution in [0.3, 0.4) is 0 Å². The van der Waals surface area contributed by atoms with Crippen LogP contribution in [0.2, 0.25) is 0 Å². The molecule has 3 heterocycles. The lowest BCUT2D eigenvalue weighted by Gasteiger charge is -2.36. The minimum atomic E-state index is -0.132. The Morgan fingerprint density at radius 1 is 0.474 bits per heavy atom. The van der Waals surface area contributed by atoms with Crippen LogP contribution in [-0.4, -0.2) is 16.6 Å². The van der Waals surface area contributed by atoms with E-state index in [1.807, 2.05) is 6.20 Å². The summed E-state index contributed by atoms with van der Waals surface area (Å²) in [6.45, 7) is 0. The number of fused-ring (bicyclic) bond motifs is 8. The molecule has 0 unspecified atom stereocenters. The largest absolute Gasteiger partial charge is 0.519 e. The summed E-state index contributed by atoms with van der Waals surface area (Å²) in [6, 6.07) is 45.4. The van der Waals surface area contributed by atoms with E-state index >= 15 is 0 Å². The molecule has 2 aliphatic heterocycles. The van der Waals surface area contributed by atoms with Crippen molar-refractivity contribution in [3.63, 3.8) is 0 Å². The Bertz CT molecular complexity index is 1740. The van der Waals surface area contributed by atoms with Crippen LogP contribution in [0.25, 0.3) is 33.6 Å². The van der Waals surface area contributed by atoms with Crippen molar-refractivity contribution >= 4 is 29.9 Å². The zero-order valence-electron chi connectivity index (χ0n) is 20.6. The summed E-state index contributed by atoms with van der Waals surface area (Å²) in [5, 5.41) is 0. The molecule has 0 bridgehead atoms. The molecule has 38 heavy (non-hydrogen) atoms. The van der Waals surface area contributed by atoms with Gasteiger partial charge in [-0.2, -0.15) is 0 Å². The Hall–Kier alpha value is -5.03. The fourth-order valence-corrected chi connectivity index (χ4v) is 6.06. The molecular weight excluding hydrogens is 463 g/mol. The van der Waals surface area contributed by atoms with Crippen molar-refractivity contribution in [3.05, 3.63) is 140 Å². The number of aromatic nitrogens is 2. The Morgan fingerprint density at radius 3 is 1.66 bits per heavy atom. The smallest absolute Gasteiger partial charge is 0.343 e. The van der Waals surface area contributed by atoms with Gasteiger partial charge >= 0.3 is 7.12 Å². The third kappa shape index (κ3) is 2.96. The number of para-hydroxylation sites is 4. The molecule has 0 saturated carbocycles. The second-order valence-corrected chi connectivity index (χ2v) is 9.68. The van der Waals surface area contributed by atoms with Crippen molar-refractivity contribution < 1.29 is 0 Å². The summed E-state index contributed by atoms with van der Waals surface area (Å²) in [6.07, 6.45) is 4.02. The second-order valence-electron chi connectivity index (χ2n) is 9.68. The van der Waals surface area contributed by atoms with E-state index in [9.17, 15) is 0 Å². The summed E-state index contributed by atoms with van der Waals surface area (Å²) in [5.41, 5.74) is 10.6. The zero-order chi connectivity index (χ0) is 25.1. The summed E-state index contributed by atoms with van der Waals surface area (Å²) in [4.78, 5) is 9.78. The highest BCUT2D eigenvalue weighted by Crippen LogP contribution is 2.54. The van der Waals surface area contributed by atoms with Gasteiger partial charge in [0, 0.05) is 40.5 Å². The van der Waals surface area contributed by atoms with E-state index < -0.39 is 0 Å². The summed E-state index contributed by atoms with van der Waals surface area (Å²) in [7, 11) is -0.132. The summed E-state index contributed by atoms with van der Waals surface area (Å²) < 4.78 is 2.30. The molecule has 0 amide bonds. The standard InChI is InChI=1S/C33H23BN4/c1-3-12-24(13-4-1)26-17-11-18-27(25-14-5-2-6-15-25)32(26)38-31-21-10-9-20-30(31)37-29-19-8-7-16-28(29)33-35-22-23-36(33)34(37)38/h1-23H. The van der Waals surface area contributed by atoms with Gasteiger partial charge < -0.3 is 14.1 Å². The van der Waals surface area contributed by atoms with Gasteiger partial charge in [0.1, 0.15) is 5.82 Å². The monoisotopic (exact) mass is 486 g/mol. The van der Waals surface area contributed by atoms with Crippen molar-refractivity contribution in [3.8, 4) is 33.6 Å². The number of nitrogens with zero attached hydrogens (tertiary/aromatic N) is 4. The van der Waals surface area contributed by atoms with Gasteiger partial charge in [0.15, 0.2) is 0 Å². The van der Waals surface area contributed by atoms with Gasteiger partial charge in [0.05, 0.1) is 11.4 Å². The van der Waals surface area contributed by atoms with Gasteiger partial charge in [0.2, 0.25) is 0 Å². The summed E-state index contributed by atoms with van der Waals surface area (Å²) >= 11 is 0. The number of hydrogen-bond donors (Lipinski definition) is 0. The first-order valence-electron chi connectivity index (χ1n) is 12.9. The van der Waals surface area contributed by atoms with Gasteiger partial charge in [-0.3, -0.25) is 0 Å². The maximum Gasteiger partial charge on any atom is 0.519 e. The zero-order valence-corrected chi connectivity index (χ0v) is 20.6. The normalized spacial score (nSPS) is 13.1. The van der Waals surface area contributed by atoms with Gasteiger partial charge in [-0.15, -0.1) is 0 Å². The van der Waals surface area contributed by atoms with E-state index in [-0.39, 0.29) is 7.12 Å². The third-order valence-corrected chi connectivity index (χ3v) is 7.63. The van der Waals surface area contributed by atoms with Crippen LogP contribution in [0.1, 0.15) is 0 Å². The highest BCUT2D eigenvalue weighted by molar-refractivity contribution is 6.73. The van der Waals surface area contributed by atoms with Crippen LogP contribution in [0, 0.1) is 0 Å². The maximum atomic E-state index is 4.82. The van der Waals surface area contributed by atoms with Crippen molar-refractivity contribution in [2.45, 2.75) is 0 Å². The van der Waals surface area contributed by atoms with Gasteiger partial charge in [0.25, 0.3) is 0 Å². The molecule has 0 saturated heterocycles. The number of benzene rings is 5. The molecule has 6 aromatic rings. The van der Waals surface area contributed by atoms with Crippen LogP contribution in [0.15, 0.2) is 140 Å². The Labute approximate surface area is 222 Å².